The van der Waals surface area contributed by atoms with Gasteiger partial charge in [-0.05, 0) is 61.7 Å². The average Bonchev–Trinajstić information content (AvgIpc) is 2.54. The second kappa shape index (κ2) is 7.70. The van der Waals surface area contributed by atoms with Gasteiger partial charge in [0, 0.05) is 17.5 Å². The van der Waals surface area contributed by atoms with Crippen LogP contribution < -0.4 is 10.1 Å². The Morgan fingerprint density at radius 3 is 2.40 bits per heavy atom. The molecular formula is C19H23NO4S. The molecule has 25 heavy (non-hydrogen) atoms. The Morgan fingerprint density at radius 2 is 1.80 bits per heavy atom. The van der Waals surface area contributed by atoms with Crippen molar-refractivity contribution < 1.29 is 17.9 Å². The van der Waals surface area contributed by atoms with E-state index in [1.165, 1.54) is 12.1 Å². The Bertz CT molecular complexity index is 888. The summed E-state index contributed by atoms with van der Waals surface area (Å²) in [7, 11) is -3.37. The first-order valence-corrected chi connectivity index (χ1v) is 9.97. The Hall–Kier alpha value is -2.34. The first-order chi connectivity index (χ1) is 11.7. The van der Waals surface area contributed by atoms with Crippen LogP contribution in [0.4, 0.5) is 5.69 Å². The van der Waals surface area contributed by atoms with Crippen molar-refractivity contribution in [3.8, 4) is 5.75 Å². The first kappa shape index (κ1) is 19.0. The SMILES string of the molecule is CCCOc1ccc(NC(=O)c2cc(S(C)(=O)=O)ccc2C)c(C)c1. The predicted molar refractivity (Wildman–Crippen MR) is 99.2 cm³/mol. The summed E-state index contributed by atoms with van der Waals surface area (Å²) in [5.41, 5.74) is 2.59. The highest BCUT2D eigenvalue weighted by Crippen LogP contribution is 2.23. The minimum Gasteiger partial charge on any atom is -0.494 e. The molecule has 1 N–H and O–H groups in total. The van der Waals surface area contributed by atoms with E-state index in [0.29, 0.717) is 23.4 Å². The van der Waals surface area contributed by atoms with Gasteiger partial charge >= 0.3 is 0 Å². The third kappa shape index (κ3) is 4.82. The summed E-state index contributed by atoms with van der Waals surface area (Å²) < 4.78 is 29.0. The smallest absolute Gasteiger partial charge is 0.255 e. The van der Waals surface area contributed by atoms with Crippen LogP contribution in [0.25, 0.3) is 0 Å². The van der Waals surface area contributed by atoms with Gasteiger partial charge < -0.3 is 10.1 Å². The van der Waals surface area contributed by atoms with Crippen molar-refractivity contribution in [3.05, 3.63) is 53.1 Å². The van der Waals surface area contributed by atoms with E-state index in [0.717, 1.165) is 24.0 Å². The molecule has 2 rings (SSSR count). The number of hydrogen-bond donors (Lipinski definition) is 1. The highest BCUT2D eigenvalue weighted by Gasteiger charge is 2.15. The largest absolute Gasteiger partial charge is 0.494 e. The number of anilines is 1. The minimum atomic E-state index is -3.37. The van der Waals surface area contributed by atoms with E-state index in [-0.39, 0.29) is 10.8 Å². The Labute approximate surface area is 148 Å². The number of rotatable bonds is 6. The fourth-order valence-corrected chi connectivity index (χ4v) is 3.00. The highest BCUT2D eigenvalue weighted by molar-refractivity contribution is 7.90. The summed E-state index contributed by atoms with van der Waals surface area (Å²) >= 11 is 0. The molecule has 0 spiro atoms. The molecule has 1 amide bonds. The van der Waals surface area contributed by atoms with Crippen LogP contribution in [-0.2, 0) is 9.84 Å². The highest BCUT2D eigenvalue weighted by atomic mass is 32.2. The van der Waals surface area contributed by atoms with Crippen molar-refractivity contribution in [2.45, 2.75) is 32.1 Å². The lowest BCUT2D eigenvalue weighted by molar-refractivity contribution is 0.102. The molecule has 0 saturated carbocycles. The number of aryl methyl sites for hydroxylation is 2. The minimum absolute atomic E-state index is 0.128. The van der Waals surface area contributed by atoms with Crippen molar-refractivity contribution in [2.24, 2.45) is 0 Å². The van der Waals surface area contributed by atoms with Gasteiger partial charge in [0.15, 0.2) is 9.84 Å². The number of hydrogen-bond acceptors (Lipinski definition) is 4. The summed E-state index contributed by atoms with van der Waals surface area (Å²) in [6.45, 7) is 6.33. The molecule has 0 saturated heterocycles. The van der Waals surface area contributed by atoms with Crippen molar-refractivity contribution in [1.29, 1.82) is 0 Å². The molecule has 5 nitrogen and oxygen atoms in total. The average molecular weight is 361 g/mol. The number of amides is 1. The van der Waals surface area contributed by atoms with Crippen LogP contribution >= 0.6 is 0 Å². The number of sulfone groups is 1. The molecule has 0 aliphatic rings. The van der Waals surface area contributed by atoms with E-state index in [9.17, 15) is 13.2 Å². The number of benzene rings is 2. The monoisotopic (exact) mass is 361 g/mol. The van der Waals surface area contributed by atoms with Crippen molar-refractivity contribution in [3.63, 3.8) is 0 Å². The molecule has 0 bridgehead atoms. The van der Waals surface area contributed by atoms with Gasteiger partial charge in [-0.3, -0.25) is 4.79 Å². The van der Waals surface area contributed by atoms with Gasteiger partial charge in [-0.2, -0.15) is 0 Å². The molecule has 0 aliphatic heterocycles. The molecule has 0 unspecified atom stereocenters. The second-order valence-corrected chi connectivity index (χ2v) is 8.04. The van der Waals surface area contributed by atoms with E-state index < -0.39 is 9.84 Å². The third-order valence-electron chi connectivity index (χ3n) is 3.80. The van der Waals surface area contributed by atoms with Crippen LogP contribution in [0.3, 0.4) is 0 Å². The van der Waals surface area contributed by atoms with Crippen LogP contribution in [0.15, 0.2) is 41.3 Å². The van der Waals surface area contributed by atoms with E-state index in [1.54, 1.807) is 25.1 Å². The maximum absolute atomic E-state index is 12.6. The van der Waals surface area contributed by atoms with Gasteiger partial charge in [-0.15, -0.1) is 0 Å². The van der Waals surface area contributed by atoms with Gasteiger partial charge in [-0.1, -0.05) is 13.0 Å². The number of nitrogens with one attached hydrogen (secondary N) is 1. The van der Waals surface area contributed by atoms with Crippen LogP contribution in [0.2, 0.25) is 0 Å². The van der Waals surface area contributed by atoms with Gasteiger partial charge in [0.2, 0.25) is 0 Å². The normalized spacial score (nSPS) is 11.2. The standard InChI is InChI=1S/C19H23NO4S/c1-5-10-24-15-7-9-18(14(3)11-15)20-19(21)17-12-16(25(4,22)23)8-6-13(17)2/h6-9,11-12H,5,10H2,1-4H3,(H,20,21). The molecule has 0 aliphatic carbocycles. The maximum Gasteiger partial charge on any atom is 0.255 e. The topological polar surface area (TPSA) is 72.5 Å². The summed E-state index contributed by atoms with van der Waals surface area (Å²) in [5, 5.41) is 2.84. The summed E-state index contributed by atoms with van der Waals surface area (Å²) in [4.78, 5) is 12.7. The van der Waals surface area contributed by atoms with Crippen LogP contribution in [0, 0.1) is 13.8 Å². The lowest BCUT2D eigenvalue weighted by atomic mass is 10.1. The lowest BCUT2D eigenvalue weighted by Crippen LogP contribution is -2.15. The molecule has 0 aromatic heterocycles. The first-order valence-electron chi connectivity index (χ1n) is 8.08. The zero-order valence-corrected chi connectivity index (χ0v) is 15.7. The number of carbonyl (C=O) groups is 1. The fraction of sp³-hybridized carbons (Fsp3) is 0.316. The summed E-state index contributed by atoms with van der Waals surface area (Å²) in [6, 6.07) is 10.0. The maximum atomic E-state index is 12.6. The molecule has 0 radical (unpaired) electrons. The van der Waals surface area contributed by atoms with Crippen molar-refractivity contribution in [1.82, 2.24) is 0 Å². The molecule has 6 heteroatoms. The van der Waals surface area contributed by atoms with Crippen LogP contribution in [-0.4, -0.2) is 27.2 Å². The van der Waals surface area contributed by atoms with Gasteiger partial charge in [0.25, 0.3) is 5.91 Å². The Morgan fingerprint density at radius 1 is 1.08 bits per heavy atom. The van der Waals surface area contributed by atoms with Gasteiger partial charge in [-0.25, -0.2) is 8.42 Å². The van der Waals surface area contributed by atoms with Crippen molar-refractivity contribution >= 4 is 21.4 Å². The molecule has 0 atom stereocenters. The summed E-state index contributed by atoms with van der Waals surface area (Å²) in [6.07, 6.45) is 2.05. The fourth-order valence-electron chi connectivity index (χ4n) is 2.35. The zero-order chi connectivity index (χ0) is 18.6. The van der Waals surface area contributed by atoms with E-state index in [1.807, 2.05) is 19.9 Å². The van der Waals surface area contributed by atoms with Gasteiger partial charge in [0.1, 0.15) is 5.75 Å². The van der Waals surface area contributed by atoms with E-state index in [4.69, 9.17) is 4.74 Å². The molecule has 2 aromatic carbocycles. The third-order valence-corrected chi connectivity index (χ3v) is 4.91. The molecule has 0 heterocycles. The van der Waals surface area contributed by atoms with Gasteiger partial charge in [0.05, 0.1) is 11.5 Å². The van der Waals surface area contributed by atoms with Crippen molar-refractivity contribution in [2.75, 3.05) is 18.2 Å². The quantitative estimate of drug-likeness (QED) is 0.850. The van der Waals surface area contributed by atoms with Crippen LogP contribution in [0.1, 0.15) is 34.8 Å². The second-order valence-electron chi connectivity index (χ2n) is 6.03. The number of ether oxygens (including phenoxy) is 1. The molecule has 134 valence electrons. The summed E-state index contributed by atoms with van der Waals surface area (Å²) in [5.74, 6) is 0.418. The predicted octanol–water partition coefficient (Wildman–Crippen LogP) is 3.75. The molecule has 0 fully saturated rings. The van der Waals surface area contributed by atoms with E-state index in [2.05, 4.69) is 5.32 Å². The lowest BCUT2D eigenvalue weighted by Gasteiger charge is -2.13. The van der Waals surface area contributed by atoms with E-state index >= 15 is 0 Å². The zero-order valence-electron chi connectivity index (χ0n) is 14.9. The Kier molecular flexibility index (Phi) is 5.85. The molecular weight excluding hydrogens is 338 g/mol. The molecule has 2 aromatic rings. The Balaban J connectivity index is 2.25. The number of carbonyl (C=O) groups excluding carboxylic acids is 1. The van der Waals surface area contributed by atoms with Crippen LogP contribution in [0.5, 0.6) is 5.75 Å².